The van der Waals surface area contributed by atoms with E-state index in [0.29, 0.717) is 6.04 Å². The van der Waals surface area contributed by atoms with Crippen LogP contribution in [0.2, 0.25) is 0 Å². The number of thioether (sulfide) groups is 1. The minimum absolute atomic E-state index is 0.409. The molecular weight excluding hydrogens is 282 g/mol. The van der Waals surface area contributed by atoms with Crippen LogP contribution in [0.15, 0.2) is 41.3 Å². The second-order valence-corrected chi connectivity index (χ2v) is 6.88. The summed E-state index contributed by atoms with van der Waals surface area (Å²) in [6.45, 7) is 5.40. The fraction of sp³-hybridized carbons (Fsp3) is 0.412. The molecule has 0 aliphatic carbocycles. The molecule has 2 rings (SSSR count). The molecular formula is C17H23NS2. The van der Waals surface area contributed by atoms with Gasteiger partial charge >= 0.3 is 0 Å². The van der Waals surface area contributed by atoms with Crippen LogP contribution in [0.5, 0.6) is 0 Å². The molecule has 0 saturated carbocycles. The lowest BCUT2D eigenvalue weighted by Crippen LogP contribution is -2.23. The van der Waals surface area contributed by atoms with Crippen LogP contribution < -0.4 is 5.32 Å². The first kappa shape index (κ1) is 15.6. The predicted octanol–water partition coefficient (Wildman–Crippen LogP) is 4.93. The quantitative estimate of drug-likeness (QED) is 0.728. The van der Waals surface area contributed by atoms with Crippen molar-refractivity contribution in [2.75, 3.05) is 12.8 Å². The van der Waals surface area contributed by atoms with Crippen LogP contribution in [-0.4, -0.2) is 12.8 Å². The summed E-state index contributed by atoms with van der Waals surface area (Å²) in [7, 11) is 0. The SMILES string of the molecule is CCNC(Cc1ccc(CC)s1)c1ccccc1SC. The van der Waals surface area contributed by atoms with E-state index in [2.05, 4.69) is 61.8 Å². The van der Waals surface area contributed by atoms with Crippen molar-refractivity contribution in [2.24, 2.45) is 0 Å². The molecule has 0 aliphatic rings. The number of likely N-dealkylation sites (N-methyl/N-ethyl adjacent to an activating group) is 1. The summed E-state index contributed by atoms with van der Waals surface area (Å²) in [4.78, 5) is 4.34. The molecule has 1 unspecified atom stereocenters. The van der Waals surface area contributed by atoms with Crippen LogP contribution in [0.3, 0.4) is 0 Å². The summed E-state index contributed by atoms with van der Waals surface area (Å²) in [6.07, 6.45) is 4.37. The van der Waals surface area contributed by atoms with Crippen LogP contribution in [0.1, 0.15) is 35.2 Å². The van der Waals surface area contributed by atoms with Gasteiger partial charge in [-0.05, 0) is 43.0 Å². The molecule has 0 bridgehead atoms. The van der Waals surface area contributed by atoms with Crippen molar-refractivity contribution in [3.05, 3.63) is 51.7 Å². The van der Waals surface area contributed by atoms with E-state index in [-0.39, 0.29) is 0 Å². The van der Waals surface area contributed by atoms with Crippen molar-refractivity contribution >= 4 is 23.1 Å². The number of rotatable bonds is 7. The van der Waals surface area contributed by atoms with E-state index >= 15 is 0 Å². The number of hydrogen-bond acceptors (Lipinski definition) is 3. The third-order valence-electron chi connectivity index (χ3n) is 3.44. The third-order valence-corrected chi connectivity index (χ3v) is 5.50. The van der Waals surface area contributed by atoms with Gasteiger partial charge in [0.2, 0.25) is 0 Å². The number of aryl methyl sites for hydroxylation is 1. The standard InChI is InChI=1S/C17H23NS2/c1-4-13-10-11-14(20-13)12-16(18-5-2)15-8-6-7-9-17(15)19-3/h6-11,16,18H,4-5,12H2,1-3H3. The summed E-state index contributed by atoms with van der Waals surface area (Å²) in [5.41, 5.74) is 1.42. The van der Waals surface area contributed by atoms with Crippen LogP contribution >= 0.6 is 23.1 Å². The highest BCUT2D eigenvalue weighted by atomic mass is 32.2. The van der Waals surface area contributed by atoms with Gasteiger partial charge in [-0.15, -0.1) is 23.1 Å². The van der Waals surface area contributed by atoms with E-state index in [4.69, 9.17) is 0 Å². The second kappa shape index (κ2) is 7.87. The van der Waals surface area contributed by atoms with E-state index in [9.17, 15) is 0 Å². The van der Waals surface area contributed by atoms with Crippen molar-refractivity contribution in [3.8, 4) is 0 Å². The van der Waals surface area contributed by atoms with Crippen LogP contribution in [0, 0.1) is 0 Å². The summed E-state index contributed by atoms with van der Waals surface area (Å²) in [5, 5.41) is 3.64. The lowest BCUT2D eigenvalue weighted by molar-refractivity contribution is 0.546. The lowest BCUT2D eigenvalue weighted by Gasteiger charge is -2.20. The molecule has 1 aromatic heterocycles. The molecule has 1 atom stereocenters. The Bertz CT molecular complexity index is 533. The lowest BCUT2D eigenvalue weighted by atomic mass is 10.0. The van der Waals surface area contributed by atoms with Gasteiger partial charge in [0.1, 0.15) is 0 Å². The van der Waals surface area contributed by atoms with Gasteiger partial charge in [-0.3, -0.25) is 0 Å². The predicted molar refractivity (Wildman–Crippen MR) is 92.0 cm³/mol. The van der Waals surface area contributed by atoms with Gasteiger partial charge in [0.05, 0.1) is 0 Å². The fourth-order valence-electron chi connectivity index (χ4n) is 2.42. The Labute approximate surface area is 130 Å². The van der Waals surface area contributed by atoms with Gasteiger partial charge in [-0.2, -0.15) is 0 Å². The Morgan fingerprint density at radius 1 is 1.10 bits per heavy atom. The third kappa shape index (κ3) is 3.87. The fourth-order valence-corrected chi connectivity index (χ4v) is 4.08. The zero-order chi connectivity index (χ0) is 14.4. The van der Waals surface area contributed by atoms with E-state index in [0.717, 1.165) is 19.4 Å². The van der Waals surface area contributed by atoms with Gasteiger partial charge in [-0.1, -0.05) is 32.0 Å². The van der Waals surface area contributed by atoms with Gasteiger partial charge in [-0.25, -0.2) is 0 Å². The number of benzene rings is 1. The monoisotopic (exact) mass is 305 g/mol. The maximum atomic E-state index is 3.64. The Hall–Kier alpha value is -0.770. The molecule has 0 aliphatic heterocycles. The average molecular weight is 306 g/mol. The molecule has 1 heterocycles. The maximum absolute atomic E-state index is 3.64. The van der Waals surface area contributed by atoms with Gasteiger partial charge in [0, 0.05) is 27.1 Å². The van der Waals surface area contributed by atoms with Crippen molar-refractivity contribution < 1.29 is 0 Å². The van der Waals surface area contributed by atoms with Crippen molar-refractivity contribution in [1.82, 2.24) is 5.32 Å². The molecule has 0 saturated heterocycles. The second-order valence-electron chi connectivity index (χ2n) is 4.78. The minimum Gasteiger partial charge on any atom is -0.310 e. The topological polar surface area (TPSA) is 12.0 Å². The molecule has 0 fully saturated rings. The molecule has 1 nitrogen and oxygen atoms in total. The highest BCUT2D eigenvalue weighted by Gasteiger charge is 2.15. The molecule has 2 aromatic rings. The zero-order valence-corrected chi connectivity index (χ0v) is 14.1. The number of hydrogen-bond donors (Lipinski definition) is 1. The first-order chi connectivity index (χ1) is 9.78. The molecule has 0 radical (unpaired) electrons. The smallest absolute Gasteiger partial charge is 0.0379 e. The zero-order valence-electron chi connectivity index (χ0n) is 12.5. The molecule has 108 valence electrons. The highest BCUT2D eigenvalue weighted by molar-refractivity contribution is 7.98. The minimum atomic E-state index is 0.409. The molecule has 1 aromatic carbocycles. The summed E-state index contributed by atoms with van der Waals surface area (Å²) in [5.74, 6) is 0. The Kier molecular flexibility index (Phi) is 6.14. The highest BCUT2D eigenvalue weighted by Crippen LogP contribution is 2.30. The Morgan fingerprint density at radius 2 is 1.85 bits per heavy atom. The molecule has 0 amide bonds. The average Bonchev–Trinajstić information content (AvgIpc) is 2.94. The van der Waals surface area contributed by atoms with E-state index in [1.54, 1.807) is 0 Å². The van der Waals surface area contributed by atoms with Crippen molar-refractivity contribution in [3.63, 3.8) is 0 Å². The van der Waals surface area contributed by atoms with Crippen molar-refractivity contribution in [1.29, 1.82) is 0 Å². The van der Waals surface area contributed by atoms with E-state index in [1.165, 1.54) is 20.2 Å². The van der Waals surface area contributed by atoms with E-state index in [1.807, 2.05) is 23.1 Å². The summed E-state index contributed by atoms with van der Waals surface area (Å²) >= 11 is 3.78. The normalized spacial score (nSPS) is 12.6. The largest absolute Gasteiger partial charge is 0.310 e. The summed E-state index contributed by atoms with van der Waals surface area (Å²) in [6, 6.07) is 13.7. The Morgan fingerprint density at radius 3 is 2.50 bits per heavy atom. The Balaban J connectivity index is 2.21. The molecule has 3 heteroatoms. The maximum Gasteiger partial charge on any atom is 0.0379 e. The van der Waals surface area contributed by atoms with Crippen molar-refractivity contribution in [2.45, 2.75) is 37.6 Å². The van der Waals surface area contributed by atoms with Crippen LogP contribution in [0.4, 0.5) is 0 Å². The van der Waals surface area contributed by atoms with Gasteiger partial charge < -0.3 is 5.32 Å². The van der Waals surface area contributed by atoms with E-state index < -0.39 is 0 Å². The number of nitrogens with one attached hydrogen (secondary N) is 1. The molecule has 20 heavy (non-hydrogen) atoms. The van der Waals surface area contributed by atoms with Gasteiger partial charge in [0.15, 0.2) is 0 Å². The van der Waals surface area contributed by atoms with Crippen LogP contribution in [0.25, 0.3) is 0 Å². The molecule has 1 N–H and O–H groups in total. The summed E-state index contributed by atoms with van der Waals surface area (Å²) < 4.78 is 0. The molecule has 0 spiro atoms. The number of thiophene rings is 1. The van der Waals surface area contributed by atoms with Gasteiger partial charge in [0.25, 0.3) is 0 Å². The first-order valence-electron chi connectivity index (χ1n) is 7.22. The first-order valence-corrected chi connectivity index (χ1v) is 9.26. The van der Waals surface area contributed by atoms with Crippen LogP contribution in [-0.2, 0) is 12.8 Å².